The summed E-state index contributed by atoms with van der Waals surface area (Å²) in [5.74, 6) is -0.237. The monoisotopic (exact) mass is 649 g/mol. The molecular formula is C31H37Cl2N3O6S. The largest absolute Gasteiger partial charge is 0.497 e. The Kier molecular flexibility index (Phi) is 12.1. The summed E-state index contributed by atoms with van der Waals surface area (Å²) >= 11 is 12.6. The van der Waals surface area contributed by atoms with E-state index in [1.807, 2.05) is 44.2 Å². The fourth-order valence-electron chi connectivity index (χ4n) is 4.40. The highest BCUT2D eigenvalue weighted by Gasteiger charge is 2.34. The fraction of sp³-hybridized carbons (Fsp3) is 0.355. The number of ether oxygens (including phenoxy) is 2. The molecule has 1 atom stereocenters. The van der Waals surface area contributed by atoms with Gasteiger partial charge in [-0.3, -0.25) is 13.9 Å². The van der Waals surface area contributed by atoms with Gasteiger partial charge >= 0.3 is 0 Å². The number of methoxy groups -OCH3 is 2. The Morgan fingerprint density at radius 3 is 2.23 bits per heavy atom. The van der Waals surface area contributed by atoms with Gasteiger partial charge in [0.05, 0.1) is 26.2 Å². The molecule has 0 aliphatic rings. The Bertz CT molecular complexity index is 1520. The summed E-state index contributed by atoms with van der Waals surface area (Å²) in [7, 11) is -1.16. The first-order valence-corrected chi connectivity index (χ1v) is 16.2. The molecule has 0 fully saturated rings. The van der Waals surface area contributed by atoms with Gasteiger partial charge in [-0.2, -0.15) is 0 Å². The van der Waals surface area contributed by atoms with Crippen LogP contribution in [0.4, 0.5) is 5.69 Å². The number of nitrogens with one attached hydrogen (secondary N) is 1. The van der Waals surface area contributed by atoms with Crippen LogP contribution in [0.3, 0.4) is 0 Å². The van der Waals surface area contributed by atoms with Gasteiger partial charge < -0.3 is 19.7 Å². The second kappa shape index (κ2) is 15.3. The Hall–Kier alpha value is -3.47. The van der Waals surface area contributed by atoms with E-state index in [2.05, 4.69) is 5.32 Å². The smallest absolute Gasteiger partial charge is 0.244 e. The third-order valence-electron chi connectivity index (χ3n) is 6.65. The molecule has 43 heavy (non-hydrogen) atoms. The number of amides is 2. The number of benzene rings is 3. The zero-order chi connectivity index (χ0) is 31.7. The molecule has 232 valence electrons. The van der Waals surface area contributed by atoms with Crippen LogP contribution in [-0.2, 0) is 32.6 Å². The van der Waals surface area contributed by atoms with Gasteiger partial charge in [0.25, 0.3) is 0 Å². The number of carbonyl (C=O) groups excluding carboxylic acids is 2. The Morgan fingerprint density at radius 1 is 0.953 bits per heavy atom. The number of nitrogens with zero attached hydrogens (tertiary/aromatic N) is 2. The molecule has 0 aliphatic carbocycles. The van der Waals surface area contributed by atoms with Gasteiger partial charge in [0.1, 0.15) is 24.1 Å². The van der Waals surface area contributed by atoms with Crippen molar-refractivity contribution in [3.8, 4) is 11.5 Å². The third kappa shape index (κ3) is 9.51. The molecule has 0 bridgehead atoms. The maximum Gasteiger partial charge on any atom is 0.244 e. The number of rotatable bonds is 14. The van der Waals surface area contributed by atoms with Gasteiger partial charge in [0, 0.05) is 35.6 Å². The molecule has 2 amide bonds. The van der Waals surface area contributed by atoms with Gasteiger partial charge in [-0.05, 0) is 41.3 Å². The minimum Gasteiger partial charge on any atom is -0.497 e. The molecule has 1 N–H and O–H groups in total. The van der Waals surface area contributed by atoms with Crippen molar-refractivity contribution in [3.05, 3.63) is 87.9 Å². The Morgan fingerprint density at radius 2 is 1.65 bits per heavy atom. The van der Waals surface area contributed by atoms with Crippen molar-refractivity contribution in [1.29, 1.82) is 0 Å². The van der Waals surface area contributed by atoms with Crippen molar-refractivity contribution in [2.45, 2.75) is 32.9 Å². The average Bonchev–Trinajstić information content (AvgIpc) is 2.96. The highest BCUT2D eigenvalue weighted by molar-refractivity contribution is 7.92. The van der Waals surface area contributed by atoms with Crippen LogP contribution in [0.25, 0.3) is 0 Å². The predicted octanol–water partition coefficient (Wildman–Crippen LogP) is 5.19. The minimum atomic E-state index is -4.01. The standard InChI is InChI=1S/C31H37Cl2N3O6S/c1-21(2)18-34-31(38)28(15-22-9-7-6-8-10-22)35(19-23-11-12-24(32)16-26(23)33)30(37)20-36(43(5,39)40)27-17-25(41-3)13-14-29(27)42-4/h6-14,16-17,21,28H,15,18-20H2,1-5H3,(H,34,38)/t28-/m1/s1. The number of anilines is 1. The molecule has 12 heteroatoms. The molecule has 0 aromatic heterocycles. The van der Waals surface area contributed by atoms with E-state index in [1.165, 1.54) is 25.2 Å². The zero-order valence-electron chi connectivity index (χ0n) is 24.8. The molecule has 0 radical (unpaired) electrons. The van der Waals surface area contributed by atoms with Crippen LogP contribution in [0.5, 0.6) is 11.5 Å². The summed E-state index contributed by atoms with van der Waals surface area (Å²) in [5.41, 5.74) is 1.48. The second-order valence-corrected chi connectivity index (χ2v) is 13.2. The SMILES string of the molecule is COc1ccc(OC)c(N(CC(=O)N(Cc2ccc(Cl)cc2Cl)[C@H](Cc2ccccc2)C(=O)NCC(C)C)S(C)(=O)=O)c1. The first-order valence-electron chi connectivity index (χ1n) is 13.6. The summed E-state index contributed by atoms with van der Waals surface area (Å²) in [6.45, 7) is 3.64. The average molecular weight is 651 g/mol. The van der Waals surface area contributed by atoms with Crippen LogP contribution in [-0.4, -0.2) is 64.7 Å². The lowest BCUT2D eigenvalue weighted by molar-refractivity contribution is -0.140. The molecular weight excluding hydrogens is 613 g/mol. The normalized spacial score (nSPS) is 12.0. The predicted molar refractivity (Wildman–Crippen MR) is 171 cm³/mol. The van der Waals surface area contributed by atoms with Crippen molar-refractivity contribution in [2.24, 2.45) is 5.92 Å². The van der Waals surface area contributed by atoms with Gasteiger partial charge in [-0.25, -0.2) is 8.42 Å². The van der Waals surface area contributed by atoms with Crippen LogP contribution >= 0.6 is 23.2 Å². The van der Waals surface area contributed by atoms with Crippen molar-refractivity contribution >= 4 is 50.7 Å². The van der Waals surface area contributed by atoms with Crippen molar-refractivity contribution in [3.63, 3.8) is 0 Å². The van der Waals surface area contributed by atoms with E-state index in [0.717, 1.165) is 16.1 Å². The van der Waals surface area contributed by atoms with E-state index in [9.17, 15) is 18.0 Å². The molecule has 0 saturated carbocycles. The molecule has 0 saturated heterocycles. The van der Waals surface area contributed by atoms with Gasteiger partial charge in [-0.15, -0.1) is 0 Å². The molecule has 3 rings (SSSR count). The van der Waals surface area contributed by atoms with Gasteiger partial charge in [0.15, 0.2) is 0 Å². The second-order valence-electron chi connectivity index (χ2n) is 10.4. The van der Waals surface area contributed by atoms with E-state index >= 15 is 0 Å². The Balaban J connectivity index is 2.13. The molecule has 0 spiro atoms. The molecule has 0 unspecified atom stereocenters. The van der Waals surface area contributed by atoms with E-state index < -0.39 is 28.5 Å². The van der Waals surface area contributed by atoms with Crippen molar-refractivity contribution in [2.75, 3.05) is 37.9 Å². The lowest BCUT2D eigenvalue weighted by Crippen LogP contribution is -2.53. The number of hydrogen-bond donors (Lipinski definition) is 1. The minimum absolute atomic E-state index is 0.0751. The highest BCUT2D eigenvalue weighted by Crippen LogP contribution is 2.34. The quantitative estimate of drug-likeness (QED) is 0.258. The van der Waals surface area contributed by atoms with Crippen molar-refractivity contribution in [1.82, 2.24) is 10.2 Å². The third-order valence-corrected chi connectivity index (χ3v) is 8.36. The lowest BCUT2D eigenvalue weighted by Gasteiger charge is -2.34. The van der Waals surface area contributed by atoms with Crippen LogP contribution in [0.15, 0.2) is 66.7 Å². The first kappa shape index (κ1) is 34.0. The van der Waals surface area contributed by atoms with Gasteiger partial charge in [0.2, 0.25) is 21.8 Å². The lowest BCUT2D eigenvalue weighted by atomic mass is 10.0. The molecule has 3 aromatic rings. The number of halogens is 2. The first-order chi connectivity index (χ1) is 20.3. The molecule has 3 aromatic carbocycles. The number of hydrogen-bond acceptors (Lipinski definition) is 6. The Labute approximate surface area is 263 Å². The summed E-state index contributed by atoms with van der Waals surface area (Å²) in [5, 5.41) is 3.66. The number of sulfonamides is 1. The highest BCUT2D eigenvalue weighted by atomic mass is 35.5. The molecule has 9 nitrogen and oxygen atoms in total. The van der Waals surface area contributed by atoms with Crippen LogP contribution < -0.4 is 19.1 Å². The maximum absolute atomic E-state index is 14.3. The molecule has 0 aliphatic heterocycles. The number of carbonyl (C=O) groups is 2. The van der Waals surface area contributed by atoms with Crippen LogP contribution in [0.2, 0.25) is 10.0 Å². The van der Waals surface area contributed by atoms with Crippen molar-refractivity contribution < 1.29 is 27.5 Å². The zero-order valence-corrected chi connectivity index (χ0v) is 27.2. The van der Waals surface area contributed by atoms with E-state index in [-0.39, 0.29) is 36.2 Å². The van der Waals surface area contributed by atoms with Crippen LogP contribution in [0.1, 0.15) is 25.0 Å². The van der Waals surface area contributed by atoms with Gasteiger partial charge in [-0.1, -0.05) is 73.4 Å². The summed E-state index contributed by atoms with van der Waals surface area (Å²) in [6, 6.07) is 17.8. The maximum atomic E-state index is 14.3. The summed E-state index contributed by atoms with van der Waals surface area (Å²) in [4.78, 5) is 29.4. The van der Waals surface area contributed by atoms with E-state index in [1.54, 1.807) is 30.3 Å². The topological polar surface area (TPSA) is 105 Å². The van der Waals surface area contributed by atoms with E-state index in [0.29, 0.717) is 27.9 Å². The summed E-state index contributed by atoms with van der Waals surface area (Å²) < 4.78 is 37.9. The summed E-state index contributed by atoms with van der Waals surface area (Å²) in [6.07, 6.45) is 1.18. The fourth-order valence-corrected chi connectivity index (χ4v) is 5.71. The van der Waals surface area contributed by atoms with Crippen LogP contribution in [0, 0.1) is 5.92 Å². The molecule has 0 heterocycles. The van der Waals surface area contributed by atoms with E-state index in [4.69, 9.17) is 32.7 Å².